The molecule has 0 radical (unpaired) electrons. The van der Waals surface area contributed by atoms with Crippen molar-refractivity contribution in [1.29, 1.82) is 0 Å². The van der Waals surface area contributed by atoms with Crippen molar-refractivity contribution >= 4 is 33.2 Å². The highest BCUT2D eigenvalue weighted by atomic mass is 79.9. The van der Waals surface area contributed by atoms with Crippen LogP contribution < -0.4 is 15.4 Å². The van der Waals surface area contributed by atoms with E-state index in [4.69, 9.17) is 10.5 Å². The maximum absolute atomic E-state index is 12.1. The van der Waals surface area contributed by atoms with Crippen LogP contribution in [0.1, 0.15) is 5.56 Å². The number of nitrogens with zero attached hydrogens (tertiary/aromatic N) is 1. The van der Waals surface area contributed by atoms with Gasteiger partial charge in [0.25, 0.3) is 5.91 Å². The van der Waals surface area contributed by atoms with E-state index in [-0.39, 0.29) is 12.5 Å². The second-order valence-corrected chi connectivity index (χ2v) is 5.62. The summed E-state index contributed by atoms with van der Waals surface area (Å²) in [7, 11) is 1.71. The summed E-state index contributed by atoms with van der Waals surface area (Å²) in [6.07, 6.45) is 0. The summed E-state index contributed by atoms with van der Waals surface area (Å²) < 4.78 is 6.40. The topological polar surface area (TPSA) is 55.6 Å². The number of rotatable bonds is 4. The van der Waals surface area contributed by atoms with Gasteiger partial charge in [-0.15, -0.1) is 0 Å². The molecule has 0 atom stereocenters. The molecule has 0 bridgehead atoms. The van der Waals surface area contributed by atoms with Crippen LogP contribution in [-0.2, 0) is 4.79 Å². The normalized spacial score (nSPS) is 10.2. The number of aryl methyl sites for hydroxylation is 1. The van der Waals surface area contributed by atoms with E-state index >= 15 is 0 Å². The SMILES string of the molecule is Cc1ccc(OCC(=O)N(C)c2ccc(N)cc2)c(Br)c1. The standard InChI is InChI=1S/C16H17BrN2O2/c1-11-3-8-15(14(17)9-11)21-10-16(20)19(2)13-6-4-12(18)5-7-13/h3-9H,10,18H2,1-2H3. The lowest BCUT2D eigenvalue weighted by molar-refractivity contribution is -0.120. The molecule has 0 saturated carbocycles. The smallest absolute Gasteiger partial charge is 0.264 e. The van der Waals surface area contributed by atoms with E-state index in [2.05, 4.69) is 15.9 Å². The molecule has 0 aliphatic carbocycles. The van der Waals surface area contributed by atoms with Gasteiger partial charge in [-0.05, 0) is 64.8 Å². The predicted molar refractivity (Wildman–Crippen MR) is 88.6 cm³/mol. The Morgan fingerprint density at radius 3 is 2.52 bits per heavy atom. The Morgan fingerprint density at radius 2 is 1.90 bits per heavy atom. The molecular weight excluding hydrogens is 332 g/mol. The zero-order valence-electron chi connectivity index (χ0n) is 12.0. The quantitative estimate of drug-likeness (QED) is 0.861. The Labute approximate surface area is 132 Å². The number of hydrogen-bond acceptors (Lipinski definition) is 3. The summed E-state index contributed by atoms with van der Waals surface area (Å²) >= 11 is 3.42. The lowest BCUT2D eigenvalue weighted by Gasteiger charge is -2.18. The Morgan fingerprint density at radius 1 is 1.24 bits per heavy atom. The van der Waals surface area contributed by atoms with Gasteiger partial charge in [0.1, 0.15) is 5.75 Å². The van der Waals surface area contributed by atoms with Crippen molar-refractivity contribution in [2.45, 2.75) is 6.92 Å². The summed E-state index contributed by atoms with van der Waals surface area (Å²) in [5.41, 5.74) is 8.20. The number of benzene rings is 2. The first kappa shape index (κ1) is 15.4. The molecule has 5 heteroatoms. The van der Waals surface area contributed by atoms with Crippen LogP contribution in [0.15, 0.2) is 46.9 Å². The molecule has 0 aliphatic heterocycles. The zero-order chi connectivity index (χ0) is 15.4. The van der Waals surface area contributed by atoms with E-state index in [1.807, 2.05) is 25.1 Å². The van der Waals surface area contributed by atoms with E-state index in [0.717, 1.165) is 15.7 Å². The van der Waals surface area contributed by atoms with Gasteiger partial charge >= 0.3 is 0 Å². The Kier molecular flexibility index (Phi) is 4.85. The highest BCUT2D eigenvalue weighted by molar-refractivity contribution is 9.10. The molecule has 110 valence electrons. The van der Waals surface area contributed by atoms with Gasteiger partial charge < -0.3 is 15.4 Å². The van der Waals surface area contributed by atoms with Gasteiger partial charge in [-0.25, -0.2) is 0 Å². The third kappa shape index (κ3) is 3.98. The van der Waals surface area contributed by atoms with Gasteiger partial charge in [0.2, 0.25) is 0 Å². The maximum Gasteiger partial charge on any atom is 0.264 e. The molecule has 2 aromatic carbocycles. The number of amides is 1. The largest absolute Gasteiger partial charge is 0.483 e. The number of likely N-dealkylation sites (N-methyl/N-ethyl adjacent to an activating group) is 1. The number of anilines is 2. The van der Waals surface area contributed by atoms with Crippen molar-refractivity contribution in [2.24, 2.45) is 0 Å². The fourth-order valence-corrected chi connectivity index (χ4v) is 2.41. The van der Waals surface area contributed by atoms with E-state index in [0.29, 0.717) is 11.4 Å². The molecule has 2 aromatic rings. The van der Waals surface area contributed by atoms with Crippen LogP contribution in [0, 0.1) is 6.92 Å². The van der Waals surface area contributed by atoms with Crippen LogP contribution in [0.2, 0.25) is 0 Å². The Hall–Kier alpha value is -2.01. The fourth-order valence-electron chi connectivity index (χ4n) is 1.80. The van der Waals surface area contributed by atoms with E-state index in [9.17, 15) is 4.79 Å². The maximum atomic E-state index is 12.1. The molecule has 0 spiro atoms. The predicted octanol–water partition coefficient (Wildman–Crippen LogP) is 3.38. The van der Waals surface area contributed by atoms with Gasteiger partial charge in [0, 0.05) is 18.4 Å². The first-order chi connectivity index (χ1) is 9.97. The molecule has 4 nitrogen and oxygen atoms in total. The van der Waals surface area contributed by atoms with Gasteiger partial charge in [0.05, 0.1) is 4.47 Å². The summed E-state index contributed by atoms with van der Waals surface area (Å²) in [4.78, 5) is 13.7. The van der Waals surface area contributed by atoms with Crippen molar-refractivity contribution in [3.63, 3.8) is 0 Å². The molecule has 0 unspecified atom stereocenters. The second-order valence-electron chi connectivity index (χ2n) is 4.77. The number of halogens is 1. The summed E-state index contributed by atoms with van der Waals surface area (Å²) in [6, 6.07) is 12.9. The molecule has 2 rings (SSSR count). The van der Waals surface area contributed by atoms with Gasteiger partial charge in [0.15, 0.2) is 6.61 Å². The average molecular weight is 349 g/mol. The minimum Gasteiger partial charge on any atom is -0.483 e. The summed E-state index contributed by atoms with van der Waals surface area (Å²) in [5, 5.41) is 0. The van der Waals surface area contributed by atoms with E-state index < -0.39 is 0 Å². The summed E-state index contributed by atoms with van der Waals surface area (Å²) in [5.74, 6) is 0.520. The molecule has 1 amide bonds. The lowest BCUT2D eigenvalue weighted by atomic mass is 10.2. The number of nitrogens with two attached hydrogens (primary N) is 1. The minimum absolute atomic E-state index is 0.0253. The molecule has 2 N–H and O–H groups in total. The molecule has 0 saturated heterocycles. The van der Waals surface area contributed by atoms with Gasteiger partial charge in [-0.2, -0.15) is 0 Å². The molecule has 21 heavy (non-hydrogen) atoms. The summed E-state index contributed by atoms with van der Waals surface area (Å²) in [6.45, 7) is 1.97. The van der Waals surface area contributed by atoms with Crippen LogP contribution in [0.3, 0.4) is 0 Å². The van der Waals surface area contributed by atoms with Crippen molar-refractivity contribution in [3.8, 4) is 5.75 Å². The second kappa shape index (κ2) is 6.63. The number of carbonyl (C=O) groups is 1. The van der Waals surface area contributed by atoms with Gasteiger partial charge in [-0.1, -0.05) is 6.07 Å². The van der Waals surface area contributed by atoms with Crippen LogP contribution in [0.4, 0.5) is 11.4 Å². The highest BCUT2D eigenvalue weighted by Crippen LogP contribution is 2.25. The fraction of sp³-hybridized carbons (Fsp3) is 0.188. The van der Waals surface area contributed by atoms with Crippen LogP contribution >= 0.6 is 15.9 Å². The third-order valence-electron chi connectivity index (χ3n) is 3.09. The first-order valence-corrected chi connectivity index (χ1v) is 7.27. The highest BCUT2D eigenvalue weighted by Gasteiger charge is 2.12. The number of ether oxygens (including phenoxy) is 1. The Bertz CT molecular complexity index is 641. The van der Waals surface area contributed by atoms with Crippen molar-refractivity contribution in [2.75, 3.05) is 24.3 Å². The molecule has 0 aliphatic rings. The van der Waals surface area contributed by atoms with Crippen molar-refractivity contribution in [3.05, 3.63) is 52.5 Å². The van der Waals surface area contributed by atoms with E-state index in [1.54, 1.807) is 36.2 Å². The minimum atomic E-state index is -0.132. The number of hydrogen-bond donors (Lipinski definition) is 1. The van der Waals surface area contributed by atoms with Crippen molar-refractivity contribution in [1.82, 2.24) is 0 Å². The lowest BCUT2D eigenvalue weighted by Crippen LogP contribution is -2.31. The van der Waals surface area contributed by atoms with Crippen LogP contribution in [0.5, 0.6) is 5.75 Å². The van der Waals surface area contributed by atoms with Crippen LogP contribution in [-0.4, -0.2) is 19.6 Å². The monoisotopic (exact) mass is 348 g/mol. The molecular formula is C16H17BrN2O2. The van der Waals surface area contributed by atoms with Gasteiger partial charge in [-0.3, -0.25) is 4.79 Å². The molecule has 0 fully saturated rings. The van der Waals surface area contributed by atoms with E-state index in [1.165, 1.54) is 0 Å². The third-order valence-corrected chi connectivity index (χ3v) is 3.71. The van der Waals surface area contributed by atoms with Crippen molar-refractivity contribution < 1.29 is 9.53 Å². The number of nitrogen functional groups attached to an aromatic ring is 1. The number of carbonyl (C=O) groups excluding carboxylic acids is 1. The average Bonchev–Trinajstić information content (AvgIpc) is 2.46. The molecule has 0 aromatic heterocycles. The molecule has 0 heterocycles. The first-order valence-electron chi connectivity index (χ1n) is 6.48. The Balaban J connectivity index is 1.99. The zero-order valence-corrected chi connectivity index (χ0v) is 13.6. The van der Waals surface area contributed by atoms with Crippen LogP contribution in [0.25, 0.3) is 0 Å².